The van der Waals surface area contributed by atoms with Crippen molar-refractivity contribution in [3.63, 3.8) is 0 Å². The molecule has 2 fully saturated rings. The summed E-state index contributed by atoms with van der Waals surface area (Å²) in [6.07, 6.45) is 3.25. The Balaban J connectivity index is 1.72. The van der Waals surface area contributed by atoms with E-state index < -0.39 is 11.9 Å². The quantitative estimate of drug-likeness (QED) is 0.917. The van der Waals surface area contributed by atoms with Crippen molar-refractivity contribution in [2.45, 2.75) is 50.4 Å². The van der Waals surface area contributed by atoms with Crippen LogP contribution in [0.2, 0.25) is 0 Å². The number of piperidine rings is 1. The molecule has 2 heterocycles. The van der Waals surface area contributed by atoms with Crippen molar-refractivity contribution < 1.29 is 18.7 Å². The van der Waals surface area contributed by atoms with Gasteiger partial charge in [0.2, 0.25) is 0 Å². The SMILES string of the molecule is O=C(O)C1CCCCC1c1csc(N2CCC(F)(F)CC2)n1. The normalized spacial score (nSPS) is 28.5. The highest BCUT2D eigenvalue weighted by Crippen LogP contribution is 2.40. The maximum Gasteiger partial charge on any atom is 0.307 e. The van der Waals surface area contributed by atoms with E-state index in [0.717, 1.165) is 30.1 Å². The fourth-order valence-electron chi connectivity index (χ4n) is 3.40. The van der Waals surface area contributed by atoms with Gasteiger partial charge in [-0.05, 0) is 12.8 Å². The average Bonchev–Trinajstić information content (AvgIpc) is 2.97. The third kappa shape index (κ3) is 3.24. The summed E-state index contributed by atoms with van der Waals surface area (Å²) in [6, 6.07) is 0. The fourth-order valence-corrected chi connectivity index (χ4v) is 4.34. The molecule has 1 aromatic rings. The number of carboxylic acids is 1. The second-order valence-electron chi connectivity index (χ2n) is 6.23. The number of alkyl halides is 2. The van der Waals surface area contributed by atoms with Crippen molar-refractivity contribution in [3.05, 3.63) is 11.1 Å². The monoisotopic (exact) mass is 330 g/mol. The van der Waals surface area contributed by atoms with Crippen LogP contribution < -0.4 is 4.90 Å². The van der Waals surface area contributed by atoms with Gasteiger partial charge in [-0.1, -0.05) is 12.8 Å². The molecule has 0 amide bonds. The van der Waals surface area contributed by atoms with Gasteiger partial charge in [-0.15, -0.1) is 11.3 Å². The number of thiazole rings is 1. The fraction of sp³-hybridized carbons (Fsp3) is 0.733. The molecule has 1 aliphatic carbocycles. The van der Waals surface area contributed by atoms with Crippen LogP contribution in [0.4, 0.5) is 13.9 Å². The van der Waals surface area contributed by atoms with E-state index in [9.17, 15) is 18.7 Å². The number of aliphatic carboxylic acids is 1. The number of rotatable bonds is 3. The van der Waals surface area contributed by atoms with Crippen LogP contribution >= 0.6 is 11.3 Å². The number of hydrogen-bond donors (Lipinski definition) is 1. The predicted octanol–water partition coefficient (Wildman–Crippen LogP) is 3.74. The van der Waals surface area contributed by atoms with Crippen molar-refractivity contribution >= 4 is 22.4 Å². The smallest absolute Gasteiger partial charge is 0.307 e. The van der Waals surface area contributed by atoms with E-state index >= 15 is 0 Å². The molecule has 122 valence electrons. The van der Waals surface area contributed by atoms with Crippen LogP contribution in [0.3, 0.4) is 0 Å². The summed E-state index contributed by atoms with van der Waals surface area (Å²) in [5.74, 6) is -3.72. The standard InChI is InChI=1S/C15H20F2N2O2S/c16-15(17)5-7-19(8-6-15)14-18-12(9-22-14)10-3-1-2-4-11(10)13(20)21/h9-11H,1-8H2,(H,20,21). The molecular weight excluding hydrogens is 310 g/mol. The largest absolute Gasteiger partial charge is 0.481 e. The molecule has 1 saturated heterocycles. The number of hydrogen-bond acceptors (Lipinski definition) is 4. The van der Waals surface area contributed by atoms with Gasteiger partial charge in [0.1, 0.15) is 0 Å². The molecule has 1 N–H and O–H groups in total. The highest BCUT2D eigenvalue weighted by atomic mass is 32.1. The van der Waals surface area contributed by atoms with Crippen LogP contribution in [0.25, 0.3) is 0 Å². The molecule has 1 aliphatic heterocycles. The molecule has 3 rings (SSSR count). The second kappa shape index (κ2) is 6.10. The Morgan fingerprint density at radius 1 is 1.32 bits per heavy atom. The van der Waals surface area contributed by atoms with E-state index in [-0.39, 0.29) is 24.7 Å². The molecule has 1 saturated carbocycles. The van der Waals surface area contributed by atoms with Gasteiger partial charge in [0.15, 0.2) is 5.13 Å². The molecule has 0 spiro atoms. The second-order valence-corrected chi connectivity index (χ2v) is 7.07. The summed E-state index contributed by atoms with van der Waals surface area (Å²) in [6.45, 7) is 0.625. The lowest BCUT2D eigenvalue weighted by Crippen LogP contribution is -2.39. The molecule has 7 heteroatoms. The van der Waals surface area contributed by atoms with Crippen LogP contribution in [0.1, 0.15) is 50.1 Å². The minimum absolute atomic E-state index is 0.0394. The summed E-state index contributed by atoms with van der Waals surface area (Å²) in [7, 11) is 0. The Labute approximate surface area is 132 Å². The van der Waals surface area contributed by atoms with Crippen LogP contribution in [0.15, 0.2) is 5.38 Å². The summed E-state index contributed by atoms with van der Waals surface area (Å²) in [5.41, 5.74) is 0.824. The molecule has 0 bridgehead atoms. The summed E-state index contributed by atoms with van der Waals surface area (Å²) < 4.78 is 26.4. The lowest BCUT2D eigenvalue weighted by atomic mass is 9.78. The first kappa shape index (κ1) is 15.6. The number of halogens is 2. The van der Waals surface area contributed by atoms with Gasteiger partial charge in [-0.2, -0.15) is 0 Å². The first-order valence-corrected chi connectivity index (χ1v) is 8.65. The minimum Gasteiger partial charge on any atom is -0.481 e. The van der Waals surface area contributed by atoms with E-state index in [1.54, 1.807) is 0 Å². The minimum atomic E-state index is -2.56. The third-order valence-electron chi connectivity index (χ3n) is 4.74. The molecule has 0 aromatic carbocycles. The van der Waals surface area contributed by atoms with Crippen LogP contribution in [-0.4, -0.2) is 35.1 Å². The summed E-state index contributed by atoms with van der Waals surface area (Å²) in [4.78, 5) is 17.9. The van der Waals surface area contributed by atoms with Crippen molar-refractivity contribution in [2.75, 3.05) is 18.0 Å². The number of carboxylic acid groups (broad SMARTS) is 1. The third-order valence-corrected chi connectivity index (χ3v) is 5.66. The zero-order valence-electron chi connectivity index (χ0n) is 12.3. The lowest BCUT2D eigenvalue weighted by molar-refractivity contribution is -0.143. The van der Waals surface area contributed by atoms with Crippen LogP contribution in [0.5, 0.6) is 0 Å². The Morgan fingerprint density at radius 2 is 2.00 bits per heavy atom. The van der Waals surface area contributed by atoms with Gasteiger partial charge in [0.25, 0.3) is 5.92 Å². The van der Waals surface area contributed by atoms with E-state index in [1.165, 1.54) is 11.3 Å². The number of carbonyl (C=O) groups is 1. The van der Waals surface area contributed by atoms with E-state index in [4.69, 9.17) is 0 Å². The molecule has 4 nitrogen and oxygen atoms in total. The van der Waals surface area contributed by atoms with Gasteiger partial charge in [0, 0.05) is 37.2 Å². The zero-order chi connectivity index (χ0) is 15.7. The van der Waals surface area contributed by atoms with Gasteiger partial charge in [0.05, 0.1) is 11.6 Å². The van der Waals surface area contributed by atoms with Crippen LogP contribution in [0, 0.1) is 5.92 Å². The highest BCUT2D eigenvalue weighted by Gasteiger charge is 2.36. The van der Waals surface area contributed by atoms with E-state index in [1.807, 2.05) is 10.3 Å². The zero-order valence-corrected chi connectivity index (χ0v) is 13.1. The van der Waals surface area contributed by atoms with Crippen molar-refractivity contribution in [1.82, 2.24) is 4.98 Å². The molecule has 22 heavy (non-hydrogen) atoms. The van der Waals surface area contributed by atoms with Gasteiger partial charge in [-0.3, -0.25) is 4.79 Å². The first-order chi connectivity index (χ1) is 10.5. The molecular formula is C15H20F2N2O2S. The Bertz CT molecular complexity index is 539. The lowest BCUT2D eigenvalue weighted by Gasteiger charge is -2.31. The number of nitrogens with zero attached hydrogens (tertiary/aromatic N) is 2. The molecule has 0 radical (unpaired) electrons. The maximum absolute atomic E-state index is 13.2. The highest BCUT2D eigenvalue weighted by molar-refractivity contribution is 7.13. The van der Waals surface area contributed by atoms with E-state index in [2.05, 4.69) is 4.98 Å². The van der Waals surface area contributed by atoms with Crippen molar-refractivity contribution in [1.29, 1.82) is 0 Å². The Kier molecular flexibility index (Phi) is 4.34. The van der Waals surface area contributed by atoms with Crippen LogP contribution in [-0.2, 0) is 4.79 Å². The maximum atomic E-state index is 13.2. The summed E-state index contributed by atoms with van der Waals surface area (Å²) >= 11 is 1.44. The predicted molar refractivity (Wildman–Crippen MR) is 80.8 cm³/mol. The topological polar surface area (TPSA) is 53.4 Å². The van der Waals surface area contributed by atoms with Gasteiger partial charge >= 0.3 is 5.97 Å². The molecule has 1 aromatic heterocycles. The van der Waals surface area contributed by atoms with Gasteiger partial charge in [-0.25, -0.2) is 13.8 Å². The van der Waals surface area contributed by atoms with Crippen molar-refractivity contribution in [3.8, 4) is 0 Å². The average molecular weight is 330 g/mol. The van der Waals surface area contributed by atoms with Gasteiger partial charge < -0.3 is 10.0 Å². The number of aromatic nitrogens is 1. The Morgan fingerprint density at radius 3 is 2.68 bits per heavy atom. The first-order valence-electron chi connectivity index (χ1n) is 7.77. The number of anilines is 1. The van der Waals surface area contributed by atoms with Crippen molar-refractivity contribution in [2.24, 2.45) is 5.92 Å². The molecule has 2 unspecified atom stereocenters. The molecule has 2 atom stereocenters. The Hall–Kier alpha value is -1.24. The summed E-state index contributed by atoms with van der Waals surface area (Å²) in [5, 5.41) is 12.0. The molecule has 2 aliphatic rings. The van der Waals surface area contributed by atoms with E-state index in [0.29, 0.717) is 19.5 Å².